The van der Waals surface area contributed by atoms with Gasteiger partial charge in [0.05, 0.1) is 0 Å². The van der Waals surface area contributed by atoms with E-state index in [4.69, 9.17) is 11.6 Å². The van der Waals surface area contributed by atoms with Crippen molar-refractivity contribution in [1.82, 2.24) is 5.43 Å². The lowest BCUT2D eigenvalue weighted by atomic mass is 10.3. The normalized spacial score (nSPS) is 11.5. The van der Waals surface area contributed by atoms with Gasteiger partial charge in [0.1, 0.15) is 0 Å². The van der Waals surface area contributed by atoms with E-state index in [2.05, 4.69) is 12.3 Å². The zero-order chi connectivity index (χ0) is 6.41. The second kappa shape index (κ2) is 4.46. The summed E-state index contributed by atoms with van der Waals surface area (Å²) in [5, 5.41) is 0. The Labute approximate surface area is 49.7 Å². The third-order valence-corrected chi connectivity index (χ3v) is 0.807. The summed E-state index contributed by atoms with van der Waals surface area (Å²) < 4.78 is 0. The van der Waals surface area contributed by atoms with Crippen LogP contribution in [0.2, 0.25) is 0 Å². The SMILES string of the molecule is CCC/C(N)=C/NN. The molecule has 0 unspecified atom stereocenters. The smallest absolute Gasteiger partial charge is 0.0310 e. The van der Waals surface area contributed by atoms with Crippen LogP contribution >= 0.6 is 0 Å². The van der Waals surface area contributed by atoms with Crippen LogP contribution < -0.4 is 17.0 Å². The number of hydrazine groups is 1. The summed E-state index contributed by atoms with van der Waals surface area (Å²) >= 11 is 0. The number of hydrogen-bond acceptors (Lipinski definition) is 3. The maximum absolute atomic E-state index is 5.41. The molecule has 48 valence electrons. The largest absolute Gasteiger partial charge is 0.401 e. The van der Waals surface area contributed by atoms with Crippen LogP contribution in [0.4, 0.5) is 0 Å². The molecule has 0 radical (unpaired) electrons. The van der Waals surface area contributed by atoms with Crippen molar-refractivity contribution in [3.8, 4) is 0 Å². The zero-order valence-corrected chi connectivity index (χ0v) is 5.15. The van der Waals surface area contributed by atoms with E-state index in [0.29, 0.717) is 0 Å². The minimum Gasteiger partial charge on any atom is -0.401 e. The van der Waals surface area contributed by atoms with Gasteiger partial charge < -0.3 is 11.2 Å². The molecule has 0 fully saturated rings. The van der Waals surface area contributed by atoms with Crippen molar-refractivity contribution in [3.63, 3.8) is 0 Å². The van der Waals surface area contributed by atoms with Crippen LogP contribution in [0.3, 0.4) is 0 Å². The first-order valence-corrected chi connectivity index (χ1v) is 2.72. The van der Waals surface area contributed by atoms with Crippen LogP contribution in [0.5, 0.6) is 0 Å². The molecule has 3 nitrogen and oxygen atoms in total. The summed E-state index contributed by atoms with van der Waals surface area (Å²) in [5.41, 5.74) is 8.58. The first kappa shape index (κ1) is 7.30. The molecule has 0 heterocycles. The maximum Gasteiger partial charge on any atom is 0.0310 e. The number of nitrogens with one attached hydrogen (secondary N) is 1. The Bertz CT molecular complexity index is 77.7. The van der Waals surface area contributed by atoms with Crippen molar-refractivity contribution in [2.24, 2.45) is 11.6 Å². The fraction of sp³-hybridized carbons (Fsp3) is 0.600. The summed E-state index contributed by atoms with van der Waals surface area (Å²) in [6.07, 6.45) is 3.57. The molecule has 0 saturated heterocycles. The highest BCUT2D eigenvalue weighted by Crippen LogP contribution is 1.92. The molecule has 0 atom stereocenters. The minimum atomic E-state index is 0.801. The summed E-state index contributed by atoms with van der Waals surface area (Å²) in [7, 11) is 0. The van der Waals surface area contributed by atoms with Crippen molar-refractivity contribution >= 4 is 0 Å². The predicted octanol–water partition coefficient (Wildman–Crippen LogP) is 0.0499. The van der Waals surface area contributed by atoms with E-state index in [1.54, 1.807) is 6.20 Å². The van der Waals surface area contributed by atoms with Gasteiger partial charge in [-0.15, -0.1) is 0 Å². The van der Waals surface area contributed by atoms with Crippen LogP contribution in [-0.2, 0) is 0 Å². The molecule has 0 saturated carbocycles. The van der Waals surface area contributed by atoms with Crippen molar-refractivity contribution < 1.29 is 0 Å². The number of nitrogens with two attached hydrogens (primary N) is 2. The van der Waals surface area contributed by atoms with E-state index in [1.807, 2.05) is 0 Å². The molecule has 0 aromatic carbocycles. The van der Waals surface area contributed by atoms with Crippen LogP contribution in [0, 0.1) is 0 Å². The van der Waals surface area contributed by atoms with Crippen molar-refractivity contribution in [2.75, 3.05) is 0 Å². The van der Waals surface area contributed by atoms with Crippen molar-refractivity contribution in [2.45, 2.75) is 19.8 Å². The van der Waals surface area contributed by atoms with E-state index in [1.165, 1.54) is 0 Å². The van der Waals surface area contributed by atoms with Gasteiger partial charge in [0.15, 0.2) is 0 Å². The van der Waals surface area contributed by atoms with Gasteiger partial charge in [0.2, 0.25) is 0 Å². The van der Waals surface area contributed by atoms with Crippen molar-refractivity contribution in [3.05, 3.63) is 11.9 Å². The lowest BCUT2D eigenvalue weighted by Gasteiger charge is -1.95. The first-order chi connectivity index (χ1) is 3.81. The lowest BCUT2D eigenvalue weighted by Crippen LogP contribution is -2.16. The molecule has 0 amide bonds. The second-order valence-electron chi connectivity index (χ2n) is 1.64. The highest BCUT2D eigenvalue weighted by atomic mass is 15.2. The van der Waals surface area contributed by atoms with Gasteiger partial charge in [-0.2, -0.15) is 0 Å². The summed E-state index contributed by atoms with van der Waals surface area (Å²) in [6, 6.07) is 0. The van der Waals surface area contributed by atoms with E-state index in [0.717, 1.165) is 18.5 Å². The summed E-state index contributed by atoms with van der Waals surface area (Å²) in [6.45, 7) is 2.07. The Hall–Kier alpha value is -0.700. The van der Waals surface area contributed by atoms with Gasteiger partial charge in [-0.05, 0) is 6.42 Å². The molecule has 0 aliphatic rings. The molecule has 3 heteroatoms. The van der Waals surface area contributed by atoms with Gasteiger partial charge >= 0.3 is 0 Å². The highest BCUT2D eigenvalue weighted by molar-refractivity contribution is 4.92. The van der Waals surface area contributed by atoms with Crippen molar-refractivity contribution in [1.29, 1.82) is 0 Å². The summed E-state index contributed by atoms with van der Waals surface area (Å²) in [5.74, 6) is 4.95. The van der Waals surface area contributed by atoms with Gasteiger partial charge in [-0.1, -0.05) is 13.3 Å². The number of hydrogen-bond donors (Lipinski definition) is 3. The Kier molecular flexibility index (Phi) is 4.07. The van der Waals surface area contributed by atoms with Crippen LogP contribution in [0.15, 0.2) is 11.9 Å². The molecule has 0 rings (SSSR count). The Balaban J connectivity index is 3.29. The predicted molar refractivity (Wildman–Crippen MR) is 34.5 cm³/mol. The summed E-state index contributed by atoms with van der Waals surface area (Å²) in [4.78, 5) is 0. The molecule has 0 aliphatic heterocycles. The molecular weight excluding hydrogens is 102 g/mol. The molecule has 0 bridgehead atoms. The van der Waals surface area contributed by atoms with E-state index in [-0.39, 0.29) is 0 Å². The fourth-order valence-corrected chi connectivity index (χ4v) is 0.468. The van der Waals surface area contributed by atoms with Crippen LogP contribution in [0.25, 0.3) is 0 Å². The Morgan fingerprint density at radius 3 is 2.75 bits per heavy atom. The average Bonchev–Trinajstić information content (AvgIpc) is 1.68. The number of allylic oxidation sites excluding steroid dienone is 1. The molecule has 8 heavy (non-hydrogen) atoms. The third-order valence-electron chi connectivity index (χ3n) is 0.807. The quantitative estimate of drug-likeness (QED) is 0.359. The van der Waals surface area contributed by atoms with Gasteiger partial charge in [-0.3, -0.25) is 5.84 Å². The first-order valence-electron chi connectivity index (χ1n) is 2.72. The van der Waals surface area contributed by atoms with E-state index < -0.39 is 0 Å². The molecule has 0 aromatic rings. The number of rotatable bonds is 3. The molecule has 0 spiro atoms. The molecule has 0 aliphatic carbocycles. The van der Waals surface area contributed by atoms with Gasteiger partial charge in [0.25, 0.3) is 0 Å². The maximum atomic E-state index is 5.41. The Morgan fingerprint density at radius 1 is 1.75 bits per heavy atom. The highest BCUT2D eigenvalue weighted by Gasteiger charge is 1.82. The molecule has 0 aromatic heterocycles. The van der Waals surface area contributed by atoms with Crippen LogP contribution in [-0.4, -0.2) is 0 Å². The Morgan fingerprint density at radius 2 is 2.38 bits per heavy atom. The topological polar surface area (TPSA) is 64.1 Å². The van der Waals surface area contributed by atoms with E-state index >= 15 is 0 Å². The lowest BCUT2D eigenvalue weighted by molar-refractivity contribution is 0.856. The minimum absolute atomic E-state index is 0.801. The fourth-order valence-electron chi connectivity index (χ4n) is 0.468. The molecule has 5 N–H and O–H groups in total. The van der Waals surface area contributed by atoms with Crippen LogP contribution in [0.1, 0.15) is 19.8 Å². The van der Waals surface area contributed by atoms with E-state index in [9.17, 15) is 0 Å². The molecular formula is C5H13N3. The average molecular weight is 115 g/mol. The third kappa shape index (κ3) is 3.49. The second-order valence-corrected chi connectivity index (χ2v) is 1.64. The zero-order valence-electron chi connectivity index (χ0n) is 5.15. The standard InChI is InChI=1S/C5H13N3/c1-2-3-5(6)4-8-7/h4,8H,2-3,6-7H2,1H3/b5-4-. The monoisotopic (exact) mass is 115 g/mol. The van der Waals surface area contributed by atoms with Gasteiger partial charge in [-0.25, -0.2) is 0 Å². The van der Waals surface area contributed by atoms with Gasteiger partial charge in [0, 0.05) is 11.9 Å².